The van der Waals surface area contributed by atoms with E-state index in [1.165, 1.54) is 19.3 Å². The quantitative estimate of drug-likeness (QED) is 0.436. The van der Waals surface area contributed by atoms with Crippen molar-refractivity contribution in [2.75, 3.05) is 0 Å². The van der Waals surface area contributed by atoms with Crippen molar-refractivity contribution in [3.8, 4) is 12.3 Å². The molecule has 1 nitrogen and oxygen atoms in total. The summed E-state index contributed by atoms with van der Waals surface area (Å²) in [6.45, 7) is 2.13. The second-order valence-electron chi connectivity index (χ2n) is 7.35. The molecule has 0 N–H and O–H groups in total. The van der Waals surface area contributed by atoms with Crippen LogP contribution in [0.5, 0.6) is 0 Å². The van der Waals surface area contributed by atoms with Crippen LogP contribution in [-0.4, -0.2) is 24.6 Å². The highest BCUT2D eigenvalue weighted by atomic mass is 19.2. The Morgan fingerprint density at radius 2 is 1.78 bits per heavy atom. The summed E-state index contributed by atoms with van der Waals surface area (Å²) in [5.41, 5.74) is 0. The lowest BCUT2D eigenvalue weighted by Gasteiger charge is -2.40. The molecule has 2 aliphatic carbocycles. The SMILES string of the molecule is C#CC(CCCCC)OC1CCC(C2CCCCC2)C(F)C1F. The predicted molar refractivity (Wildman–Crippen MR) is 90.7 cm³/mol. The van der Waals surface area contributed by atoms with Crippen LogP contribution in [-0.2, 0) is 4.74 Å². The molecule has 2 rings (SSSR count). The lowest BCUT2D eigenvalue weighted by molar-refractivity contribution is -0.102. The van der Waals surface area contributed by atoms with Gasteiger partial charge in [-0.25, -0.2) is 8.78 Å². The first-order valence-electron chi connectivity index (χ1n) is 9.57. The number of hydrogen-bond donors (Lipinski definition) is 0. The first-order valence-corrected chi connectivity index (χ1v) is 9.57. The van der Waals surface area contributed by atoms with Gasteiger partial charge >= 0.3 is 0 Å². The van der Waals surface area contributed by atoms with E-state index in [2.05, 4.69) is 12.8 Å². The largest absolute Gasteiger partial charge is 0.359 e. The Labute approximate surface area is 140 Å². The average molecular weight is 326 g/mol. The van der Waals surface area contributed by atoms with Crippen LogP contribution in [0.4, 0.5) is 8.78 Å². The fraction of sp³-hybridized carbons (Fsp3) is 0.900. The molecule has 5 unspecified atom stereocenters. The predicted octanol–water partition coefficient (Wildman–Crippen LogP) is 5.62. The topological polar surface area (TPSA) is 9.23 Å². The van der Waals surface area contributed by atoms with Crippen LogP contribution in [0, 0.1) is 24.2 Å². The molecule has 0 saturated heterocycles. The van der Waals surface area contributed by atoms with Crippen molar-refractivity contribution in [1.82, 2.24) is 0 Å². The summed E-state index contributed by atoms with van der Waals surface area (Å²) in [6.07, 6.45) is 12.6. The van der Waals surface area contributed by atoms with Gasteiger partial charge in [0.2, 0.25) is 0 Å². The smallest absolute Gasteiger partial charge is 0.157 e. The first kappa shape index (κ1) is 18.7. The molecule has 0 radical (unpaired) electrons. The monoisotopic (exact) mass is 326 g/mol. The second-order valence-corrected chi connectivity index (χ2v) is 7.35. The van der Waals surface area contributed by atoms with Crippen LogP contribution in [0.15, 0.2) is 0 Å². The van der Waals surface area contributed by atoms with Gasteiger partial charge < -0.3 is 4.74 Å². The number of unbranched alkanes of at least 4 members (excludes halogenated alkanes) is 2. The van der Waals surface area contributed by atoms with Crippen molar-refractivity contribution >= 4 is 0 Å². The first-order chi connectivity index (χ1) is 11.2. The molecule has 23 heavy (non-hydrogen) atoms. The summed E-state index contributed by atoms with van der Waals surface area (Å²) in [5.74, 6) is 2.86. The lowest BCUT2D eigenvalue weighted by atomic mass is 9.71. The third kappa shape index (κ3) is 5.18. The zero-order chi connectivity index (χ0) is 16.7. The molecule has 5 atom stereocenters. The van der Waals surface area contributed by atoms with E-state index in [1.807, 2.05) is 0 Å². The highest BCUT2D eigenvalue weighted by Gasteiger charge is 2.44. The highest BCUT2D eigenvalue weighted by Crippen LogP contribution is 2.41. The van der Waals surface area contributed by atoms with Crippen molar-refractivity contribution in [2.24, 2.45) is 11.8 Å². The average Bonchev–Trinajstić information content (AvgIpc) is 2.59. The van der Waals surface area contributed by atoms with Crippen LogP contribution in [0.2, 0.25) is 0 Å². The molecule has 132 valence electrons. The molecule has 0 aromatic rings. The van der Waals surface area contributed by atoms with E-state index in [9.17, 15) is 8.78 Å². The molecule has 2 saturated carbocycles. The highest BCUT2D eigenvalue weighted by molar-refractivity contribution is 4.98. The van der Waals surface area contributed by atoms with E-state index in [0.717, 1.165) is 44.9 Å². The molecule has 3 heteroatoms. The molecule has 0 aromatic heterocycles. The third-order valence-corrected chi connectivity index (χ3v) is 5.70. The maximum absolute atomic E-state index is 14.6. The third-order valence-electron chi connectivity index (χ3n) is 5.70. The standard InChI is InChI=1S/C20H32F2O/c1-3-5-7-12-16(4-2)23-18-14-13-17(19(21)20(18)22)15-10-8-6-9-11-15/h2,15-20H,3,5-14H2,1H3. The summed E-state index contributed by atoms with van der Waals surface area (Å²) in [7, 11) is 0. The van der Waals surface area contributed by atoms with E-state index in [-0.39, 0.29) is 12.0 Å². The van der Waals surface area contributed by atoms with Gasteiger partial charge in [-0.05, 0) is 37.5 Å². The molecular formula is C20H32F2O. The van der Waals surface area contributed by atoms with Gasteiger partial charge in [0.25, 0.3) is 0 Å². The summed E-state index contributed by atoms with van der Waals surface area (Å²) in [5, 5.41) is 0. The number of rotatable bonds is 7. The molecular weight excluding hydrogens is 294 g/mol. The van der Waals surface area contributed by atoms with E-state index in [0.29, 0.717) is 12.3 Å². The lowest BCUT2D eigenvalue weighted by Crippen LogP contribution is -2.46. The van der Waals surface area contributed by atoms with Gasteiger partial charge in [0.1, 0.15) is 12.3 Å². The van der Waals surface area contributed by atoms with Gasteiger partial charge in [-0.15, -0.1) is 6.42 Å². The maximum Gasteiger partial charge on any atom is 0.157 e. The Balaban J connectivity index is 1.84. The van der Waals surface area contributed by atoms with Crippen LogP contribution >= 0.6 is 0 Å². The van der Waals surface area contributed by atoms with Crippen LogP contribution in [0.1, 0.15) is 77.6 Å². The molecule has 0 spiro atoms. The minimum absolute atomic E-state index is 0.116. The van der Waals surface area contributed by atoms with E-state index in [1.54, 1.807) is 0 Å². The van der Waals surface area contributed by atoms with Crippen LogP contribution < -0.4 is 0 Å². The second kappa shape index (κ2) is 9.62. The van der Waals surface area contributed by atoms with Gasteiger partial charge in [0, 0.05) is 0 Å². The summed E-state index contributed by atoms with van der Waals surface area (Å²) < 4.78 is 34.9. The number of ether oxygens (including phenoxy) is 1. The minimum Gasteiger partial charge on any atom is -0.359 e. The van der Waals surface area contributed by atoms with Crippen LogP contribution in [0.3, 0.4) is 0 Å². The Morgan fingerprint density at radius 1 is 1.04 bits per heavy atom. The minimum atomic E-state index is -1.52. The molecule has 0 aliphatic heterocycles. The van der Waals surface area contributed by atoms with Crippen molar-refractivity contribution in [3.63, 3.8) is 0 Å². The summed E-state index contributed by atoms with van der Waals surface area (Å²) in [6, 6.07) is 0. The Bertz CT molecular complexity index is 372. The fourth-order valence-electron chi connectivity index (χ4n) is 4.30. The van der Waals surface area contributed by atoms with Crippen molar-refractivity contribution in [1.29, 1.82) is 0 Å². The normalized spacial score (nSPS) is 34.0. The Hall–Kier alpha value is -0.620. The van der Waals surface area contributed by atoms with Gasteiger partial charge in [0.15, 0.2) is 6.17 Å². The summed E-state index contributed by atoms with van der Waals surface area (Å²) in [4.78, 5) is 0. The Morgan fingerprint density at radius 3 is 2.43 bits per heavy atom. The number of alkyl halides is 2. The van der Waals surface area contributed by atoms with Gasteiger partial charge in [0.05, 0.1) is 6.10 Å². The number of terminal acetylenes is 1. The molecule has 0 aromatic carbocycles. The van der Waals surface area contributed by atoms with E-state index >= 15 is 0 Å². The number of halogens is 2. The molecule has 2 fully saturated rings. The number of hydrogen-bond acceptors (Lipinski definition) is 1. The zero-order valence-electron chi connectivity index (χ0n) is 14.5. The van der Waals surface area contributed by atoms with Gasteiger partial charge in [-0.2, -0.15) is 0 Å². The van der Waals surface area contributed by atoms with Crippen molar-refractivity contribution in [3.05, 3.63) is 0 Å². The van der Waals surface area contributed by atoms with Crippen molar-refractivity contribution < 1.29 is 13.5 Å². The van der Waals surface area contributed by atoms with Gasteiger partial charge in [-0.3, -0.25) is 0 Å². The van der Waals surface area contributed by atoms with Crippen molar-refractivity contribution in [2.45, 2.75) is 102 Å². The van der Waals surface area contributed by atoms with Gasteiger partial charge in [-0.1, -0.05) is 57.8 Å². The zero-order valence-corrected chi connectivity index (χ0v) is 14.5. The van der Waals surface area contributed by atoms with E-state index in [4.69, 9.17) is 11.2 Å². The maximum atomic E-state index is 14.6. The molecule has 0 heterocycles. The molecule has 2 aliphatic rings. The molecule has 0 amide bonds. The van der Waals surface area contributed by atoms with Crippen LogP contribution in [0.25, 0.3) is 0 Å². The molecule has 0 bridgehead atoms. The summed E-state index contributed by atoms with van der Waals surface area (Å²) >= 11 is 0. The fourth-order valence-corrected chi connectivity index (χ4v) is 4.30. The Kier molecular flexibility index (Phi) is 7.83. The van der Waals surface area contributed by atoms with E-state index < -0.39 is 18.4 Å².